The van der Waals surface area contributed by atoms with Crippen molar-refractivity contribution in [3.8, 4) is 11.4 Å². The van der Waals surface area contributed by atoms with Crippen LogP contribution in [0.1, 0.15) is 12.8 Å². The lowest BCUT2D eigenvalue weighted by Gasteiger charge is -1.96. The average Bonchev–Trinajstić information content (AvgIpc) is 2.86. The molecule has 84 valence electrons. The molecular formula is C10H10N2O3S. The Morgan fingerprint density at radius 3 is 3.19 bits per heavy atom. The summed E-state index contributed by atoms with van der Waals surface area (Å²) in [6.07, 6.45) is 0.0188. The van der Waals surface area contributed by atoms with E-state index in [4.69, 9.17) is 9.26 Å². The summed E-state index contributed by atoms with van der Waals surface area (Å²) < 4.78 is 9.73. The number of thiophene rings is 1. The van der Waals surface area contributed by atoms with E-state index in [2.05, 4.69) is 10.1 Å². The second kappa shape index (κ2) is 4.89. The van der Waals surface area contributed by atoms with Gasteiger partial charge in [-0.15, -0.1) is 0 Å². The van der Waals surface area contributed by atoms with Crippen molar-refractivity contribution in [2.24, 2.45) is 0 Å². The second-order valence-corrected chi connectivity index (χ2v) is 3.79. The van der Waals surface area contributed by atoms with Crippen LogP contribution in [0.25, 0.3) is 11.4 Å². The fraction of sp³-hybridized carbons (Fsp3) is 0.300. The highest BCUT2D eigenvalue weighted by molar-refractivity contribution is 7.08. The highest BCUT2D eigenvalue weighted by Gasteiger charge is 2.13. The van der Waals surface area contributed by atoms with E-state index in [9.17, 15) is 4.79 Å². The van der Waals surface area contributed by atoms with Gasteiger partial charge in [-0.05, 0) is 18.4 Å². The Morgan fingerprint density at radius 1 is 1.62 bits per heavy atom. The topological polar surface area (TPSA) is 65.2 Å². The van der Waals surface area contributed by atoms with Gasteiger partial charge in [-0.3, -0.25) is 4.79 Å². The van der Waals surface area contributed by atoms with E-state index in [1.807, 2.05) is 16.8 Å². The van der Waals surface area contributed by atoms with Crippen LogP contribution in [0, 0.1) is 0 Å². The van der Waals surface area contributed by atoms with Gasteiger partial charge in [0.05, 0.1) is 6.61 Å². The molecule has 2 aromatic rings. The summed E-state index contributed by atoms with van der Waals surface area (Å²) in [5.41, 5.74) is 0.892. The predicted octanol–water partition coefficient (Wildman–Crippen LogP) is 1.90. The van der Waals surface area contributed by atoms with E-state index in [1.165, 1.54) is 0 Å². The Bertz CT molecular complexity index is 464. The van der Waals surface area contributed by atoms with Crippen LogP contribution >= 0.6 is 11.3 Å². The average molecular weight is 238 g/mol. The molecule has 0 saturated heterocycles. The molecule has 0 bridgehead atoms. The van der Waals surface area contributed by atoms with Gasteiger partial charge < -0.3 is 9.26 Å². The molecule has 0 aromatic carbocycles. The van der Waals surface area contributed by atoms with Gasteiger partial charge in [0.1, 0.15) is 6.42 Å². The summed E-state index contributed by atoms with van der Waals surface area (Å²) >= 11 is 1.55. The van der Waals surface area contributed by atoms with Crippen molar-refractivity contribution in [2.75, 3.05) is 6.61 Å². The lowest BCUT2D eigenvalue weighted by atomic mass is 10.3. The fourth-order valence-electron chi connectivity index (χ4n) is 1.17. The minimum atomic E-state index is -0.358. The molecule has 6 heteroatoms. The zero-order valence-electron chi connectivity index (χ0n) is 8.67. The number of hydrogen-bond acceptors (Lipinski definition) is 6. The van der Waals surface area contributed by atoms with Crippen molar-refractivity contribution in [3.63, 3.8) is 0 Å². The SMILES string of the molecule is CCOC(=O)Cc1nc(-c2ccsc2)no1. The second-order valence-electron chi connectivity index (χ2n) is 3.01. The van der Waals surface area contributed by atoms with Gasteiger partial charge in [0, 0.05) is 10.9 Å². The molecule has 0 aliphatic heterocycles. The van der Waals surface area contributed by atoms with E-state index in [0.29, 0.717) is 12.4 Å². The first-order chi connectivity index (χ1) is 7.79. The Balaban J connectivity index is 2.06. The van der Waals surface area contributed by atoms with E-state index >= 15 is 0 Å². The van der Waals surface area contributed by atoms with Gasteiger partial charge in [0.25, 0.3) is 0 Å². The third kappa shape index (κ3) is 2.46. The predicted molar refractivity (Wildman–Crippen MR) is 57.9 cm³/mol. The first kappa shape index (κ1) is 10.8. The van der Waals surface area contributed by atoms with Crippen LogP contribution in [-0.2, 0) is 16.0 Å². The number of nitrogens with zero attached hydrogens (tertiary/aromatic N) is 2. The summed E-state index contributed by atoms with van der Waals surface area (Å²) in [5.74, 6) is 0.420. The number of hydrogen-bond donors (Lipinski definition) is 0. The van der Waals surface area contributed by atoms with Crippen LogP contribution in [0.5, 0.6) is 0 Å². The Hall–Kier alpha value is -1.69. The molecule has 0 radical (unpaired) electrons. The molecule has 0 atom stereocenters. The van der Waals surface area contributed by atoms with Gasteiger partial charge >= 0.3 is 5.97 Å². The quantitative estimate of drug-likeness (QED) is 0.761. The smallest absolute Gasteiger partial charge is 0.315 e. The summed E-state index contributed by atoms with van der Waals surface area (Å²) in [7, 11) is 0. The van der Waals surface area contributed by atoms with Crippen molar-refractivity contribution in [2.45, 2.75) is 13.3 Å². The third-order valence-corrected chi connectivity index (χ3v) is 2.53. The van der Waals surface area contributed by atoms with Gasteiger partial charge in [-0.2, -0.15) is 16.3 Å². The number of carbonyl (C=O) groups excluding carboxylic acids is 1. The molecule has 0 N–H and O–H groups in total. The zero-order valence-corrected chi connectivity index (χ0v) is 9.49. The lowest BCUT2D eigenvalue weighted by molar-refractivity contribution is -0.142. The van der Waals surface area contributed by atoms with E-state index in [1.54, 1.807) is 18.3 Å². The molecule has 0 aliphatic rings. The van der Waals surface area contributed by atoms with Gasteiger partial charge in [-0.25, -0.2) is 0 Å². The summed E-state index contributed by atoms with van der Waals surface area (Å²) in [6.45, 7) is 2.10. The summed E-state index contributed by atoms with van der Waals surface area (Å²) in [4.78, 5) is 15.3. The maximum Gasteiger partial charge on any atom is 0.315 e. The Morgan fingerprint density at radius 2 is 2.50 bits per heavy atom. The van der Waals surface area contributed by atoms with E-state index < -0.39 is 0 Å². The highest BCUT2D eigenvalue weighted by Crippen LogP contribution is 2.18. The van der Waals surface area contributed by atoms with Crippen LogP contribution < -0.4 is 0 Å². The molecule has 0 spiro atoms. The molecule has 0 unspecified atom stereocenters. The van der Waals surface area contributed by atoms with Crippen LogP contribution in [0.4, 0.5) is 0 Å². The van der Waals surface area contributed by atoms with Crippen LogP contribution in [0.15, 0.2) is 21.3 Å². The maximum absolute atomic E-state index is 11.2. The fourth-order valence-corrected chi connectivity index (χ4v) is 1.81. The summed E-state index contributed by atoms with van der Waals surface area (Å²) in [5, 5.41) is 7.63. The minimum absolute atomic E-state index is 0.0188. The molecular weight excluding hydrogens is 228 g/mol. The number of ether oxygens (including phenoxy) is 1. The molecule has 2 heterocycles. The Kier molecular flexibility index (Phi) is 3.31. The summed E-state index contributed by atoms with van der Waals surface area (Å²) in [6, 6.07) is 1.89. The van der Waals surface area contributed by atoms with Crippen LogP contribution in [-0.4, -0.2) is 22.7 Å². The van der Waals surface area contributed by atoms with Crippen molar-refractivity contribution < 1.29 is 14.1 Å². The van der Waals surface area contributed by atoms with Crippen molar-refractivity contribution in [1.29, 1.82) is 0 Å². The first-order valence-corrected chi connectivity index (χ1v) is 5.74. The molecule has 16 heavy (non-hydrogen) atoms. The lowest BCUT2D eigenvalue weighted by Crippen LogP contribution is -2.07. The van der Waals surface area contributed by atoms with Crippen molar-refractivity contribution in [3.05, 3.63) is 22.7 Å². The molecule has 2 rings (SSSR count). The Labute approximate surface area is 96.0 Å². The third-order valence-electron chi connectivity index (χ3n) is 1.85. The molecule has 0 saturated carbocycles. The van der Waals surface area contributed by atoms with Gasteiger partial charge in [0.15, 0.2) is 0 Å². The first-order valence-electron chi connectivity index (χ1n) is 4.80. The molecule has 0 aliphatic carbocycles. The largest absolute Gasteiger partial charge is 0.466 e. The van der Waals surface area contributed by atoms with Gasteiger partial charge in [-0.1, -0.05) is 5.16 Å². The van der Waals surface area contributed by atoms with Crippen molar-refractivity contribution in [1.82, 2.24) is 10.1 Å². The normalized spacial score (nSPS) is 10.3. The standard InChI is InChI=1S/C10H10N2O3S/c1-2-14-9(13)5-8-11-10(12-15-8)7-3-4-16-6-7/h3-4,6H,2,5H2,1H3. The van der Waals surface area contributed by atoms with Crippen LogP contribution in [0.3, 0.4) is 0 Å². The number of rotatable bonds is 4. The van der Waals surface area contributed by atoms with E-state index in [-0.39, 0.29) is 18.3 Å². The van der Waals surface area contributed by atoms with Crippen molar-refractivity contribution >= 4 is 17.3 Å². The highest BCUT2D eigenvalue weighted by atomic mass is 32.1. The maximum atomic E-state index is 11.2. The number of esters is 1. The molecule has 0 amide bonds. The van der Waals surface area contributed by atoms with Crippen LogP contribution in [0.2, 0.25) is 0 Å². The number of aromatic nitrogens is 2. The number of carbonyl (C=O) groups is 1. The molecule has 2 aromatic heterocycles. The zero-order chi connectivity index (χ0) is 11.4. The minimum Gasteiger partial charge on any atom is -0.466 e. The molecule has 5 nitrogen and oxygen atoms in total. The molecule has 0 fully saturated rings. The monoisotopic (exact) mass is 238 g/mol. The van der Waals surface area contributed by atoms with E-state index in [0.717, 1.165) is 5.56 Å². The van der Waals surface area contributed by atoms with Gasteiger partial charge in [0.2, 0.25) is 11.7 Å².